The molecule has 0 saturated heterocycles. The van der Waals surface area contributed by atoms with Crippen molar-refractivity contribution >= 4 is 23.3 Å². The zero-order valence-corrected chi connectivity index (χ0v) is 17.1. The first-order valence-electron chi connectivity index (χ1n) is 9.45. The minimum Gasteiger partial charge on any atom is -0.310 e. The largest absolute Gasteiger partial charge is 0.433 e. The molecule has 6 nitrogen and oxygen atoms in total. The van der Waals surface area contributed by atoms with Crippen LogP contribution in [0.1, 0.15) is 29.7 Å². The number of nitrogens with zero attached hydrogens (tertiary/aromatic N) is 2. The Kier molecular flexibility index (Phi) is 5.35. The minimum atomic E-state index is -4.99. The predicted octanol–water partition coefficient (Wildman–Crippen LogP) is 4.27. The number of urea groups is 1. The quantitative estimate of drug-likeness (QED) is 0.488. The molecule has 1 aliphatic heterocycles. The van der Waals surface area contributed by atoms with Crippen LogP contribution in [-0.2, 0) is 18.3 Å². The zero-order valence-electron chi connectivity index (χ0n) is 16.4. The lowest BCUT2D eigenvalue weighted by Gasteiger charge is -2.37. The number of aromatic nitrogens is 2. The van der Waals surface area contributed by atoms with Gasteiger partial charge in [0.2, 0.25) is 5.54 Å². The van der Waals surface area contributed by atoms with Crippen molar-refractivity contribution in [2.45, 2.75) is 37.3 Å². The van der Waals surface area contributed by atoms with Gasteiger partial charge in [-0.2, -0.15) is 26.3 Å². The monoisotopic (exact) mass is 490 g/mol. The molecular weight excluding hydrogens is 478 g/mol. The van der Waals surface area contributed by atoms with Gasteiger partial charge in [-0.3, -0.25) is 9.36 Å². The Balaban J connectivity index is 1.77. The fourth-order valence-corrected chi connectivity index (χ4v) is 3.48. The highest BCUT2D eigenvalue weighted by Gasteiger charge is 2.59. The molecule has 1 aromatic carbocycles. The average molecular weight is 491 g/mol. The SMILES string of the molecule is O=C1Nc2cc(Cn3cnc(C(F)(F)F)cc3=O)c(Cl)cc2C(C#CC2CC2)(C(F)(F)F)N1. The number of fused-ring (bicyclic) bond motifs is 1. The third kappa shape index (κ3) is 4.37. The van der Waals surface area contributed by atoms with Crippen molar-refractivity contribution in [1.82, 2.24) is 14.9 Å². The maximum Gasteiger partial charge on any atom is 0.433 e. The molecule has 1 saturated carbocycles. The molecule has 33 heavy (non-hydrogen) atoms. The number of carbonyl (C=O) groups excluding carboxylic acids is 1. The van der Waals surface area contributed by atoms with Gasteiger partial charge in [-0.1, -0.05) is 23.4 Å². The van der Waals surface area contributed by atoms with Crippen molar-refractivity contribution in [2.24, 2.45) is 5.92 Å². The van der Waals surface area contributed by atoms with Crippen LogP contribution in [0, 0.1) is 17.8 Å². The van der Waals surface area contributed by atoms with Crippen LogP contribution in [0.2, 0.25) is 5.02 Å². The van der Waals surface area contributed by atoms with Crippen LogP contribution in [-0.4, -0.2) is 21.8 Å². The van der Waals surface area contributed by atoms with Gasteiger partial charge in [0, 0.05) is 28.3 Å². The predicted molar refractivity (Wildman–Crippen MR) is 104 cm³/mol. The lowest BCUT2D eigenvalue weighted by Crippen LogP contribution is -2.59. The third-order valence-corrected chi connectivity index (χ3v) is 5.47. The molecule has 1 aliphatic carbocycles. The first-order chi connectivity index (χ1) is 15.3. The number of hydrogen-bond acceptors (Lipinski definition) is 3. The van der Waals surface area contributed by atoms with E-state index in [2.05, 4.69) is 22.1 Å². The van der Waals surface area contributed by atoms with Crippen LogP contribution < -0.4 is 16.2 Å². The highest BCUT2D eigenvalue weighted by Crippen LogP contribution is 2.46. The molecule has 1 aromatic heterocycles. The summed E-state index contributed by atoms with van der Waals surface area (Å²) in [7, 11) is 0. The second kappa shape index (κ2) is 7.69. The number of carbonyl (C=O) groups is 1. The van der Waals surface area contributed by atoms with E-state index in [1.165, 1.54) is 0 Å². The van der Waals surface area contributed by atoms with E-state index >= 15 is 0 Å². The lowest BCUT2D eigenvalue weighted by atomic mass is 9.85. The molecule has 13 heteroatoms. The molecule has 2 heterocycles. The van der Waals surface area contributed by atoms with E-state index in [1.54, 1.807) is 0 Å². The highest BCUT2D eigenvalue weighted by atomic mass is 35.5. The van der Waals surface area contributed by atoms with E-state index in [9.17, 15) is 35.9 Å². The van der Waals surface area contributed by atoms with Gasteiger partial charge in [-0.25, -0.2) is 9.78 Å². The molecular formula is C20H13ClF6N4O2. The van der Waals surface area contributed by atoms with Crippen molar-refractivity contribution < 1.29 is 31.1 Å². The maximum atomic E-state index is 14.2. The molecule has 0 radical (unpaired) electrons. The van der Waals surface area contributed by atoms with Crippen LogP contribution >= 0.6 is 11.6 Å². The summed E-state index contributed by atoms with van der Waals surface area (Å²) in [5.74, 6) is 4.52. The average Bonchev–Trinajstić information content (AvgIpc) is 3.51. The van der Waals surface area contributed by atoms with Gasteiger partial charge in [0.15, 0.2) is 5.69 Å². The van der Waals surface area contributed by atoms with E-state index in [0.29, 0.717) is 25.2 Å². The first kappa shape index (κ1) is 23.0. The van der Waals surface area contributed by atoms with Gasteiger partial charge in [0.25, 0.3) is 5.56 Å². The standard InChI is InChI=1S/C20H13ClF6N4O2/c21-13-6-12-14(5-11(13)8-31-9-28-15(7-16(31)32)19(22,23)24)29-17(33)30-18(12,20(25,26)27)4-3-10-1-2-10/h5-7,9-10H,1-2,8H2,(H2,29,30,33). The molecule has 1 fully saturated rings. The van der Waals surface area contributed by atoms with Crippen molar-refractivity contribution in [2.75, 3.05) is 5.32 Å². The summed E-state index contributed by atoms with van der Waals surface area (Å²) in [6, 6.07) is 1.24. The molecule has 1 unspecified atom stereocenters. The van der Waals surface area contributed by atoms with Gasteiger partial charge in [0.05, 0.1) is 12.9 Å². The number of hydrogen-bond donors (Lipinski definition) is 2. The molecule has 0 spiro atoms. The fraction of sp³-hybridized carbons (Fsp3) is 0.350. The summed E-state index contributed by atoms with van der Waals surface area (Å²) in [5.41, 5.74) is -6.03. The smallest absolute Gasteiger partial charge is 0.310 e. The summed E-state index contributed by atoms with van der Waals surface area (Å²) >= 11 is 6.18. The summed E-state index contributed by atoms with van der Waals surface area (Å²) in [5, 5.41) is 3.91. The third-order valence-electron chi connectivity index (χ3n) is 5.12. The number of rotatable bonds is 2. The number of benzene rings is 1. The summed E-state index contributed by atoms with van der Waals surface area (Å²) < 4.78 is 81.4. The van der Waals surface area contributed by atoms with E-state index in [1.807, 2.05) is 5.32 Å². The Morgan fingerprint density at radius 2 is 1.85 bits per heavy atom. The van der Waals surface area contributed by atoms with E-state index in [4.69, 9.17) is 11.6 Å². The van der Waals surface area contributed by atoms with Crippen molar-refractivity contribution in [3.05, 3.63) is 56.7 Å². The Hall–Kier alpha value is -3.20. The molecule has 1 atom stereocenters. The van der Waals surface area contributed by atoms with Crippen molar-refractivity contribution in [3.8, 4) is 11.8 Å². The molecule has 2 N–H and O–H groups in total. The highest BCUT2D eigenvalue weighted by molar-refractivity contribution is 6.31. The van der Waals surface area contributed by atoms with Crippen molar-refractivity contribution in [1.29, 1.82) is 0 Å². The second-order valence-electron chi connectivity index (χ2n) is 7.60. The van der Waals surface area contributed by atoms with Crippen LogP contribution in [0.5, 0.6) is 0 Å². The van der Waals surface area contributed by atoms with Crippen LogP contribution in [0.4, 0.5) is 36.8 Å². The van der Waals surface area contributed by atoms with Crippen LogP contribution in [0.25, 0.3) is 0 Å². The lowest BCUT2D eigenvalue weighted by molar-refractivity contribution is -0.178. The summed E-state index contributed by atoms with van der Waals surface area (Å²) in [6.45, 7) is -0.397. The summed E-state index contributed by atoms with van der Waals surface area (Å²) in [4.78, 5) is 27.3. The number of alkyl halides is 6. The minimum absolute atomic E-state index is 0.0764. The fourth-order valence-electron chi connectivity index (χ4n) is 3.26. The first-order valence-corrected chi connectivity index (χ1v) is 9.83. The molecule has 0 bridgehead atoms. The second-order valence-corrected chi connectivity index (χ2v) is 8.00. The Morgan fingerprint density at radius 3 is 2.42 bits per heavy atom. The Labute approximate surface area is 186 Å². The van der Waals surface area contributed by atoms with Gasteiger partial charge >= 0.3 is 18.4 Å². The zero-order chi connectivity index (χ0) is 24.2. The molecule has 2 aromatic rings. The number of amides is 2. The van der Waals surface area contributed by atoms with E-state index < -0.39 is 47.3 Å². The topological polar surface area (TPSA) is 76.0 Å². The summed E-state index contributed by atoms with van der Waals surface area (Å²) in [6.07, 6.45) is -7.82. The number of anilines is 1. The van der Waals surface area contributed by atoms with Crippen molar-refractivity contribution in [3.63, 3.8) is 0 Å². The van der Waals surface area contributed by atoms with E-state index in [-0.39, 0.29) is 22.2 Å². The normalized spacial score (nSPS) is 20.3. The van der Waals surface area contributed by atoms with Gasteiger partial charge in [-0.15, -0.1) is 0 Å². The Bertz CT molecular complexity index is 1260. The van der Waals surface area contributed by atoms with Gasteiger partial charge in [-0.05, 0) is 30.5 Å². The molecule has 2 amide bonds. The molecule has 174 valence electrons. The van der Waals surface area contributed by atoms with Gasteiger partial charge in [0.1, 0.15) is 0 Å². The van der Waals surface area contributed by atoms with Crippen LogP contribution in [0.15, 0.2) is 29.3 Å². The molecule has 2 aliphatic rings. The molecule has 4 rings (SSSR count). The van der Waals surface area contributed by atoms with E-state index in [0.717, 1.165) is 16.7 Å². The Morgan fingerprint density at radius 1 is 1.15 bits per heavy atom. The van der Waals surface area contributed by atoms with Crippen LogP contribution in [0.3, 0.4) is 0 Å². The van der Waals surface area contributed by atoms with Gasteiger partial charge < -0.3 is 10.6 Å². The maximum absolute atomic E-state index is 14.2. The number of nitrogens with one attached hydrogen (secondary N) is 2. The number of halogens is 7.